The molecule has 3 nitrogen and oxygen atoms in total. The van der Waals surface area contributed by atoms with E-state index in [0.717, 1.165) is 25.0 Å². The number of Topliss-reactive ketones (excluding diaryl/α,β-unsaturated/α-hetero) is 1. The Hall–Kier alpha value is -1.09. The van der Waals surface area contributed by atoms with Crippen LogP contribution in [0.15, 0.2) is 23.0 Å². The quantitative estimate of drug-likeness (QED) is 0.802. The van der Waals surface area contributed by atoms with Gasteiger partial charge >= 0.3 is 0 Å². The lowest BCUT2D eigenvalue weighted by atomic mass is 9.89. The highest BCUT2D eigenvalue weighted by Crippen LogP contribution is 2.39. The Morgan fingerprint density at radius 2 is 2.18 bits per heavy atom. The van der Waals surface area contributed by atoms with Gasteiger partial charge in [0.05, 0.1) is 17.6 Å². The minimum atomic E-state index is -0.163. The third kappa shape index (κ3) is 2.16. The summed E-state index contributed by atoms with van der Waals surface area (Å²) in [6.07, 6.45) is 3.75. The number of ketones is 1. The molecule has 0 aromatic rings. The topological polar surface area (TPSA) is 46.5 Å². The number of hydrogen-bond acceptors (Lipinski definition) is 3. The fraction of sp³-hybridized carbons (Fsp3) is 0.643. The summed E-state index contributed by atoms with van der Waals surface area (Å²) in [5, 5.41) is 10.2. The Kier molecular flexibility index (Phi) is 3.38. The van der Waals surface area contributed by atoms with E-state index in [1.54, 1.807) is 6.08 Å². The predicted molar refractivity (Wildman–Crippen MR) is 65.7 cm³/mol. The molecular weight excluding hydrogens is 216 g/mol. The van der Waals surface area contributed by atoms with E-state index in [4.69, 9.17) is 4.74 Å². The van der Waals surface area contributed by atoms with E-state index in [-0.39, 0.29) is 29.5 Å². The lowest BCUT2D eigenvalue weighted by molar-refractivity contribution is -0.119. The number of ether oxygens (including phenoxy) is 1. The number of aliphatic hydroxyl groups is 1. The van der Waals surface area contributed by atoms with E-state index in [1.807, 2.05) is 20.8 Å². The predicted octanol–water partition coefficient (Wildman–Crippen LogP) is 2.78. The molecule has 1 aliphatic carbocycles. The van der Waals surface area contributed by atoms with Crippen molar-refractivity contribution in [1.82, 2.24) is 0 Å². The first-order chi connectivity index (χ1) is 8.02. The number of carbonyl (C=O) groups excluding carboxylic acids is 1. The largest absolute Gasteiger partial charge is 0.511 e. The molecule has 0 amide bonds. The van der Waals surface area contributed by atoms with Crippen molar-refractivity contribution in [3.8, 4) is 0 Å². The van der Waals surface area contributed by atoms with Crippen LogP contribution < -0.4 is 0 Å². The first-order valence-electron chi connectivity index (χ1n) is 6.26. The van der Waals surface area contributed by atoms with Crippen molar-refractivity contribution in [2.45, 2.75) is 39.7 Å². The highest BCUT2D eigenvalue weighted by molar-refractivity contribution is 6.03. The maximum atomic E-state index is 12.1. The van der Waals surface area contributed by atoms with Crippen LogP contribution in [-0.2, 0) is 9.53 Å². The summed E-state index contributed by atoms with van der Waals surface area (Å²) in [5.41, 5.74) is 1.51. The fourth-order valence-electron chi connectivity index (χ4n) is 2.77. The van der Waals surface area contributed by atoms with Crippen LogP contribution in [0.25, 0.3) is 0 Å². The van der Waals surface area contributed by atoms with Gasteiger partial charge in [0.1, 0.15) is 5.76 Å². The summed E-state index contributed by atoms with van der Waals surface area (Å²) < 4.78 is 5.61. The van der Waals surface area contributed by atoms with Gasteiger partial charge in [0.25, 0.3) is 0 Å². The van der Waals surface area contributed by atoms with Crippen molar-refractivity contribution in [1.29, 1.82) is 0 Å². The second-order valence-corrected chi connectivity index (χ2v) is 5.25. The molecule has 1 heterocycles. The highest BCUT2D eigenvalue weighted by Gasteiger charge is 2.44. The summed E-state index contributed by atoms with van der Waals surface area (Å²) >= 11 is 0. The van der Waals surface area contributed by atoms with Crippen molar-refractivity contribution in [3.63, 3.8) is 0 Å². The van der Waals surface area contributed by atoms with E-state index in [0.29, 0.717) is 5.57 Å². The van der Waals surface area contributed by atoms with Crippen LogP contribution in [-0.4, -0.2) is 23.6 Å². The third-order valence-electron chi connectivity index (χ3n) is 3.61. The molecule has 1 saturated heterocycles. The molecule has 2 aliphatic rings. The molecule has 3 heteroatoms. The summed E-state index contributed by atoms with van der Waals surface area (Å²) in [6, 6.07) is 0. The van der Waals surface area contributed by atoms with Crippen molar-refractivity contribution in [2.24, 2.45) is 11.8 Å². The number of aliphatic hydroxyl groups excluding tert-OH is 1. The molecule has 0 unspecified atom stereocenters. The molecule has 0 aromatic carbocycles. The smallest absolute Gasteiger partial charge is 0.169 e. The lowest BCUT2D eigenvalue weighted by Crippen LogP contribution is -2.26. The van der Waals surface area contributed by atoms with Gasteiger partial charge in [-0.15, -0.1) is 0 Å². The Morgan fingerprint density at radius 3 is 2.71 bits per heavy atom. The Labute approximate surface area is 102 Å². The van der Waals surface area contributed by atoms with Crippen molar-refractivity contribution in [2.75, 3.05) is 6.61 Å². The average molecular weight is 236 g/mol. The molecule has 1 fully saturated rings. The minimum Gasteiger partial charge on any atom is -0.511 e. The molecule has 17 heavy (non-hydrogen) atoms. The van der Waals surface area contributed by atoms with Gasteiger partial charge in [-0.25, -0.2) is 0 Å². The molecule has 0 saturated carbocycles. The van der Waals surface area contributed by atoms with Crippen LogP contribution in [0.3, 0.4) is 0 Å². The second-order valence-electron chi connectivity index (χ2n) is 5.25. The van der Waals surface area contributed by atoms with Crippen LogP contribution in [0.2, 0.25) is 0 Å². The molecule has 94 valence electrons. The standard InChI is InChI=1S/C14H20O3/c1-8(2)7-10-13(15)9(3)12(14(10)16)11-5-4-6-17-11/h7,9,11-12,16H,4-6H2,1-3H3/t9-,11+,12-/m0/s1. The minimum absolute atomic E-state index is 0.0111. The Bertz CT molecular complexity index is 382. The van der Waals surface area contributed by atoms with Gasteiger partial charge in [-0.1, -0.05) is 12.5 Å². The van der Waals surface area contributed by atoms with Gasteiger partial charge in [-0.2, -0.15) is 0 Å². The van der Waals surface area contributed by atoms with Gasteiger partial charge in [-0.3, -0.25) is 4.79 Å². The number of allylic oxidation sites excluding steroid dienone is 3. The van der Waals surface area contributed by atoms with Crippen LogP contribution >= 0.6 is 0 Å². The van der Waals surface area contributed by atoms with E-state index in [2.05, 4.69) is 0 Å². The van der Waals surface area contributed by atoms with Crippen LogP contribution in [0.1, 0.15) is 33.6 Å². The summed E-state index contributed by atoms with van der Waals surface area (Å²) in [6.45, 7) is 6.49. The van der Waals surface area contributed by atoms with Crippen LogP contribution in [0.4, 0.5) is 0 Å². The van der Waals surface area contributed by atoms with Gasteiger partial charge in [0, 0.05) is 12.5 Å². The summed E-state index contributed by atoms with van der Waals surface area (Å²) in [4.78, 5) is 12.1. The van der Waals surface area contributed by atoms with Gasteiger partial charge < -0.3 is 9.84 Å². The molecule has 0 aromatic heterocycles. The zero-order chi connectivity index (χ0) is 12.6. The maximum Gasteiger partial charge on any atom is 0.169 e. The highest BCUT2D eigenvalue weighted by atomic mass is 16.5. The van der Waals surface area contributed by atoms with Crippen LogP contribution in [0, 0.1) is 11.8 Å². The van der Waals surface area contributed by atoms with Crippen LogP contribution in [0.5, 0.6) is 0 Å². The lowest BCUT2D eigenvalue weighted by Gasteiger charge is -2.21. The molecule has 0 radical (unpaired) electrons. The molecule has 3 atom stereocenters. The first-order valence-corrected chi connectivity index (χ1v) is 6.26. The monoisotopic (exact) mass is 236 g/mol. The molecule has 2 rings (SSSR count). The van der Waals surface area contributed by atoms with Crippen molar-refractivity contribution >= 4 is 5.78 Å². The fourth-order valence-corrected chi connectivity index (χ4v) is 2.77. The van der Waals surface area contributed by atoms with E-state index in [1.165, 1.54) is 0 Å². The SMILES string of the molecule is CC(C)=CC1=C(O)[C@H]([C@H]2CCCO2)[C@H](C)C1=O. The normalized spacial score (nSPS) is 33.4. The molecule has 0 spiro atoms. The molecular formula is C14H20O3. The van der Waals surface area contributed by atoms with Gasteiger partial charge in [-0.05, 0) is 32.8 Å². The Morgan fingerprint density at radius 1 is 1.47 bits per heavy atom. The van der Waals surface area contributed by atoms with Crippen molar-refractivity contribution < 1.29 is 14.6 Å². The van der Waals surface area contributed by atoms with Crippen molar-refractivity contribution in [3.05, 3.63) is 23.0 Å². The second kappa shape index (κ2) is 4.65. The number of hydrogen-bond donors (Lipinski definition) is 1. The number of rotatable bonds is 2. The van der Waals surface area contributed by atoms with E-state index in [9.17, 15) is 9.90 Å². The zero-order valence-corrected chi connectivity index (χ0v) is 10.7. The molecule has 0 bridgehead atoms. The van der Waals surface area contributed by atoms with Gasteiger partial charge in [0.2, 0.25) is 0 Å². The third-order valence-corrected chi connectivity index (χ3v) is 3.61. The summed E-state index contributed by atoms with van der Waals surface area (Å²) in [5.74, 6) is -0.0286. The molecule has 1 N–H and O–H groups in total. The molecule has 1 aliphatic heterocycles. The maximum absolute atomic E-state index is 12.1. The van der Waals surface area contributed by atoms with E-state index >= 15 is 0 Å². The van der Waals surface area contributed by atoms with Gasteiger partial charge in [0.15, 0.2) is 5.78 Å². The summed E-state index contributed by atoms with van der Waals surface area (Å²) in [7, 11) is 0. The number of carbonyl (C=O) groups is 1. The Balaban J connectivity index is 2.31. The first kappa shape index (κ1) is 12.4. The zero-order valence-electron chi connectivity index (χ0n) is 10.7. The average Bonchev–Trinajstić information content (AvgIpc) is 2.83. The van der Waals surface area contributed by atoms with E-state index < -0.39 is 0 Å².